The monoisotopic (exact) mass is 208 g/mol. The maximum absolute atomic E-state index is 5.67. The van der Waals surface area contributed by atoms with E-state index in [1.807, 2.05) is 0 Å². The van der Waals surface area contributed by atoms with Crippen LogP contribution in [0.1, 0.15) is 56.0 Å². The molecule has 0 saturated carbocycles. The van der Waals surface area contributed by atoms with E-state index >= 15 is 0 Å². The van der Waals surface area contributed by atoms with Gasteiger partial charge in [0.05, 0.1) is 5.69 Å². The van der Waals surface area contributed by atoms with Crippen molar-refractivity contribution in [3.05, 3.63) is 17.0 Å². The van der Waals surface area contributed by atoms with Crippen molar-refractivity contribution >= 4 is 0 Å². The lowest BCUT2D eigenvalue weighted by atomic mass is 9.88. The van der Waals surface area contributed by atoms with Gasteiger partial charge in [-0.25, -0.2) is 0 Å². The molecule has 0 aliphatic heterocycles. The van der Waals surface area contributed by atoms with Crippen LogP contribution in [0.4, 0.5) is 0 Å². The number of hydrogen-bond donors (Lipinski definition) is 1. The molecule has 15 heavy (non-hydrogen) atoms. The lowest BCUT2D eigenvalue weighted by molar-refractivity contribution is 0.357. The van der Waals surface area contributed by atoms with Crippen molar-refractivity contribution in [2.24, 2.45) is 11.7 Å². The molecular weight excluding hydrogens is 188 g/mol. The van der Waals surface area contributed by atoms with Crippen LogP contribution in [0.15, 0.2) is 4.52 Å². The first kappa shape index (κ1) is 10.7. The van der Waals surface area contributed by atoms with Gasteiger partial charge in [-0.3, -0.25) is 0 Å². The summed E-state index contributed by atoms with van der Waals surface area (Å²) in [5, 5.41) is 4.19. The van der Waals surface area contributed by atoms with Crippen molar-refractivity contribution in [2.75, 3.05) is 6.54 Å². The Morgan fingerprint density at radius 2 is 2.27 bits per heavy atom. The van der Waals surface area contributed by atoms with Gasteiger partial charge in [0.1, 0.15) is 5.76 Å². The van der Waals surface area contributed by atoms with Crippen molar-refractivity contribution in [3.63, 3.8) is 0 Å². The molecule has 0 aromatic carbocycles. The van der Waals surface area contributed by atoms with Crippen LogP contribution in [-0.2, 0) is 6.42 Å². The Labute approximate surface area is 91.0 Å². The highest BCUT2D eigenvalue weighted by molar-refractivity contribution is 5.34. The van der Waals surface area contributed by atoms with Crippen molar-refractivity contribution < 1.29 is 4.52 Å². The Morgan fingerprint density at radius 3 is 2.87 bits per heavy atom. The van der Waals surface area contributed by atoms with E-state index in [1.54, 1.807) is 0 Å². The molecule has 0 bridgehead atoms. The molecule has 84 valence electrons. The summed E-state index contributed by atoms with van der Waals surface area (Å²) in [4.78, 5) is 0. The van der Waals surface area contributed by atoms with Gasteiger partial charge in [-0.05, 0) is 30.7 Å². The first-order valence-electron chi connectivity index (χ1n) is 5.83. The van der Waals surface area contributed by atoms with Crippen LogP contribution in [0.25, 0.3) is 0 Å². The first-order chi connectivity index (χ1) is 7.15. The van der Waals surface area contributed by atoms with E-state index in [4.69, 9.17) is 10.3 Å². The molecule has 0 spiro atoms. The molecule has 3 heteroatoms. The van der Waals surface area contributed by atoms with Gasteiger partial charge in [0.15, 0.2) is 0 Å². The normalized spacial score (nSPS) is 24.9. The minimum absolute atomic E-state index is 0.447. The number of fused-ring (bicyclic) bond motifs is 1. The molecular formula is C12H20N2O. The summed E-state index contributed by atoms with van der Waals surface area (Å²) >= 11 is 0. The van der Waals surface area contributed by atoms with Crippen molar-refractivity contribution in [1.29, 1.82) is 0 Å². The molecule has 2 rings (SSSR count). The quantitative estimate of drug-likeness (QED) is 0.830. The average Bonchev–Trinajstić information content (AvgIpc) is 2.68. The Balaban J connectivity index is 2.35. The highest BCUT2D eigenvalue weighted by Gasteiger charge is 2.35. The lowest BCUT2D eigenvalue weighted by Gasteiger charge is -2.16. The largest absolute Gasteiger partial charge is 0.361 e. The fourth-order valence-corrected chi connectivity index (χ4v) is 2.63. The Hall–Kier alpha value is -0.830. The molecule has 1 aliphatic carbocycles. The van der Waals surface area contributed by atoms with E-state index in [1.165, 1.54) is 5.56 Å². The minimum Gasteiger partial charge on any atom is -0.361 e. The van der Waals surface area contributed by atoms with Gasteiger partial charge in [-0.15, -0.1) is 0 Å². The molecule has 2 unspecified atom stereocenters. The molecule has 0 saturated heterocycles. The van der Waals surface area contributed by atoms with Crippen molar-refractivity contribution in [3.8, 4) is 0 Å². The maximum atomic E-state index is 5.67. The van der Waals surface area contributed by atoms with Crippen LogP contribution in [0.5, 0.6) is 0 Å². The van der Waals surface area contributed by atoms with Gasteiger partial charge in [-0.2, -0.15) is 0 Å². The number of nitrogens with two attached hydrogens (primary N) is 1. The highest BCUT2D eigenvalue weighted by atomic mass is 16.5. The van der Waals surface area contributed by atoms with Gasteiger partial charge >= 0.3 is 0 Å². The van der Waals surface area contributed by atoms with Crippen LogP contribution < -0.4 is 5.73 Å². The van der Waals surface area contributed by atoms with Gasteiger partial charge in [-0.1, -0.05) is 25.9 Å². The highest BCUT2D eigenvalue weighted by Crippen LogP contribution is 2.43. The summed E-state index contributed by atoms with van der Waals surface area (Å²) in [6.07, 6.45) is 2.08. The van der Waals surface area contributed by atoms with Crippen LogP contribution in [-0.4, -0.2) is 11.7 Å². The minimum atomic E-state index is 0.447. The predicted octanol–water partition coefficient (Wildman–Crippen LogP) is 2.42. The van der Waals surface area contributed by atoms with E-state index in [-0.39, 0.29) is 0 Å². The number of nitrogens with zero attached hydrogens (tertiary/aromatic N) is 1. The Morgan fingerprint density at radius 1 is 1.53 bits per heavy atom. The molecule has 1 aliphatic rings. The molecule has 0 fully saturated rings. The third-order valence-electron chi connectivity index (χ3n) is 3.42. The summed E-state index contributed by atoms with van der Waals surface area (Å²) in [7, 11) is 0. The fourth-order valence-electron chi connectivity index (χ4n) is 2.63. The smallest absolute Gasteiger partial charge is 0.140 e. The summed E-state index contributed by atoms with van der Waals surface area (Å²) in [5.41, 5.74) is 8.18. The van der Waals surface area contributed by atoms with E-state index in [0.717, 1.165) is 30.8 Å². The Kier molecular flexibility index (Phi) is 2.83. The Bertz CT molecular complexity index is 343. The van der Waals surface area contributed by atoms with Gasteiger partial charge in [0.25, 0.3) is 0 Å². The van der Waals surface area contributed by atoms with E-state index < -0.39 is 0 Å². The van der Waals surface area contributed by atoms with Crippen LogP contribution in [0.3, 0.4) is 0 Å². The molecule has 1 heterocycles. The average molecular weight is 208 g/mol. The van der Waals surface area contributed by atoms with Crippen LogP contribution in [0, 0.1) is 5.92 Å². The van der Waals surface area contributed by atoms with Crippen LogP contribution >= 0.6 is 0 Å². The van der Waals surface area contributed by atoms with Crippen molar-refractivity contribution in [2.45, 2.75) is 45.4 Å². The maximum Gasteiger partial charge on any atom is 0.140 e. The second-order valence-electron chi connectivity index (χ2n) is 4.92. The third kappa shape index (κ3) is 1.69. The molecule has 1 aromatic heterocycles. The third-order valence-corrected chi connectivity index (χ3v) is 3.42. The topological polar surface area (TPSA) is 52.0 Å². The second kappa shape index (κ2) is 3.97. The summed E-state index contributed by atoms with van der Waals surface area (Å²) in [6, 6.07) is 0. The first-order valence-corrected chi connectivity index (χ1v) is 5.83. The van der Waals surface area contributed by atoms with Crippen LogP contribution in [0.2, 0.25) is 0 Å². The summed E-state index contributed by atoms with van der Waals surface area (Å²) in [6.45, 7) is 7.36. The van der Waals surface area contributed by atoms with E-state index in [2.05, 4.69) is 25.9 Å². The standard InChI is InChI=1S/C12H20N2O/c1-7(2)12-11-9(4-5-13)8(3)6-10(11)15-14-12/h7-9H,4-6,13H2,1-3H3. The fraction of sp³-hybridized carbons (Fsp3) is 0.750. The van der Waals surface area contributed by atoms with E-state index in [9.17, 15) is 0 Å². The molecule has 0 radical (unpaired) electrons. The van der Waals surface area contributed by atoms with Gasteiger partial charge in [0.2, 0.25) is 0 Å². The molecule has 2 N–H and O–H groups in total. The zero-order valence-corrected chi connectivity index (χ0v) is 9.79. The zero-order valence-electron chi connectivity index (χ0n) is 9.79. The van der Waals surface area contributed by atoms with Crippen molar-refractivity contribution in [1.82, 2.24) is 5.16 Å². The molecule has 0 amide bonds. The SMILES string of the molecule is CC(C)c1noc2c1C(CCN)C(C)C2. The van der Waals surface area contributed by atoms with Gasteiger partial charge in [0, 0.05) is 12.0 Å². The number of aromatic nitrogens is 1. The molecule has 2 atom stereocenters. The molecule has 1 aromatic rings. The summed E-state index contributed by atoms with van der Waals surface area (Å²) < 4.78 is 5.42. The lowest BCUT2D eigenvalue weighted by Crippen LogP contribution is -2.12. The predicted molar refractivity (Wildman–Crippen MR) is 59.9 cm³/mol. The summed E-state index contributed by atoms with van der Waals surface area (Å²) in [5.74, 6) is 2.77. The van der Waals surface area contributed by atoms with E-state index in [0.29, 0.717) is 17.8 Å². The molecule has 3 nitrogen and oxygen atoms in total. The number of rotatable bonds is 3. The zero-order chi connectivity index (χ0) is 11.0. The number of hydrogen-bond acceptors (Lipinski definition) is 3. The van der Waals surface area contributed by atoms with Gasteiger partial charge < -0.3 is 10.3 Å². The second-order valence-corrected chi connectivity index (χ2v) is 4.92.